The highest BCUT2D eigenvalue weighted by molar-refractivity contribution is 6.32. The summed E-state index contributed by atoms with van der Waals surface area (Å²) in [6.07, 6.45) is 0.0802. The van der Waals surface area contributed by atoms with Crippen molar-refractivity contribution in [1.29, 1.82) is 0 Å². The van der Waals surface area contributed by atoms with Gasteiger partial charge in [-0.15, -0.1) is 0 Å². The van der Waals surface area contributed by atoms with E-state index in [1.54, 1.807) is 11.8 Å². The molecule has 7 heteroatoms. The van der Waals surface area contributed by atoms with Crippen molar-refractivity contribution in [2.75, 3.05) is 6.54 Å². The Morgan fingerprint density at radius 3 is 2.68 bits per heavy atom. The number of nitro benzene ring substituents is 1. The van der Waals surface area contributed by atoms with Crippen LogP contribution in [0, 0.1) is 10.1 Å². The maximum absolute atomic E-state index is 12.6. The molecule has 130 valence electrons. The first-order valence-corrected chi connectivity index (χ1v) is 8.29. The van der Waals surface area contributed by atoms with Crippen LogP contribution in [0.4, 0.5) is 5.69 Å². The zero-order chi connectivity index (χ0) is 18.0. The molecule has 1 amide bonds. The second-order valence-corrected chi connectivity index (χ2v) is 6.32. The number of hydrogen-bond donors (Lipinski definition) is 0. The molecule has 2 aromatic rings. The summed E-state index contributed by atoms with van der Waals surface area (Å²) in [5.41, 5.74) is 2.28. The van der Waals surface area contributed by atoms with Crippen LogP contribution in [0.3, 0.4) is 0 Å². The summed E-state index contributed by atoms with van der Waals surface area (Å²) < 4.78 is 5.64. The van der Waals surface area contributed by atoms with Gasteiger partial charge in [-0.25, -0.2) is 0 Å². The quantitative estimate of drug-likeness (QED) is 0.616. The fraction of sp³-hybridized carbons (Fsp3) is 0.278. The van der Waals surface area contributed by atoms with Gasteiger partial charge >= 0.3 is 0 Å². The molecular weight excluding hydrogens is 344 g/mol. The number of hydrogen-bond acceptors (Lipinski definition) is 4. The second kappa shape index (κ2) is 7.11. The molecule has 0 saturated carbocycles. The van der Waals surface area contributed by atoms with Gasteiger partial charge in [0, 0.05) is 25.2 Å². The van der Waals surface area contributed by atoms with E-state index in [2.05, 4.69) is 6.07 Å². The smallest absolute Gasteiger partial charge is 0.271 e. The number of halogens is 1. The minimum Gasteiger partial charge on any atom is -0.479 e. The highest BCUT2D eigenvalue weighted by atomic mass is 35.5. The van der Waals surface area contributed by atoms with E-state index in [0.29, 0.717) is 13.1 Å². The van der Waals surface area contributed by atoms with Crippen LogP contribution in [0.2, 0.25) is 5.02 Å². The number of carbonyl (C=O) groups is 1. The van der Waals surface area contributed by atoms with Crippen LogP contribution in [-0.2, 0) is 17.8 Å². The third-order valence-electron chi connectivity index (χ3n) is 4.22. The molecule has 1 aliphatic heterocycles. The monoisotopic (exact) mass is 360 g/mol. The molecule has 0 aromatic heterocycles. The lowest BCUT2D eigenvalue weighted by atomic mass is 9.99. The zero-order valence-corrected chi connectivity index (χ0v) is 14.4. The first-order chi connectivity index (χ1) is 12.0. The number of ether oxygens (including phenoxy) is 1. The Morgan fingerprint density at radius 2 is 2.00 bits per heavy atom. The number of nitrogens with zero attached hydrogens (tertiary/aromatic N) is 2. The Morgan fingerprint density at radius 1 is 1.28 bits per heavy atom. The third kappa shape index (κ3) is 3.74. The Bertz CT molecular complexity index is 824. The van der Waals surface area contributed by atoms with Crippen molar-refractivity contribution in [2.45, 2.75) is 26.0 Å². The van der Waals surface area contributed by atoms with Crippen molar-refractivity contribution in [2.24, 2.45) is 0 Å². The number of nitro groups is 1. The predicted octanol–water partition coefficient (Wildman–Crippen LogP) is 3.60. The zero-order valence-electron chi connectivity index (χ0n) is 13.6. The Hall–Kier alpha value is -2.60. The molecule has 0 saturated heterocycles. The molecule has 2 aromatic carbocycles. The molecule has 1 atom stereocenters. The van der Waals surface area contributed by atoms with Crippen molar-refractivity contribution >= 4 is 23.2 Å². The summed E-state index contributed by atoms with van der Waals surface area (Å²) in [7, 11) is 0. The van der Waals surface area contributed by atoms with Crippen LogP contribution in [-0.4, -0.2) is 28.4 Å². The summed E-state index contributed by atoms with van der Waals surface area (Å²) in [6.45, 7) is 2.84. The van der Waals surface area contributed by atoms with Gasteiger partial charge in [-0.05, 0) is 30.5 Å². The van der Waals surface area contributed by atoms with Crippen LogP contribution in [0.1, 0.15) is 18.1 Å². The van der Waals surface area contributed by atoms with Crippen molar-refractivity contribution in [3.05, 3.63) is 68.7 Å². The van der Waals surface area contributed by atoms with Crippen molar-refractivity contribution in [1.82, 2.24) is 4.90 Å². The summed E-state index contributed by atoms with van der Waals surface area (Å²) >= 11 is 6.02. The van der Waals surface area contributed by atoms with Gasteiger partial charge in [0.25, 0.3) is 11.6 Å². The van der Waals surface area contributed by atoms with Crippen LogP contribution in [0.15, 0.2) is 42.5 Å². The van der Waals surface area contributed by atoms with E-state index in [-0.39, 0.29) is 22.4 Å². The molecule has 0 fully saturated rings. The van der Waals surface area contributed by atoms with E-state index in [1.807, 2.05) is 18.2 Å². The molecule has 0 aliphatic carbocycles. The molecule has 3 rings (SSSR count). The summed E-state index contributed by atoms with van der Waals surface area (Å²) in [5, 5.41) is 10.9. The number of amides is 1. The van der Waals surface area contributed by atoms with E-state index in [9.17, 15) is 14.9 Å². The lowest BCUT2D eigenvalue weighted by Crippen LogP contribution is -2.43. The molecule has 0 bridgehead atoms. The van der Waals surface area contributed by atoms with E-state index in [1.165, 1.54) is 23.8 Å². The van der Waals surface area contributed by atoms with E-state index < -0.39 is 11.0 Å². The summed E-state index contributed by atoms with van der Waals surface area (Å²) in [5.74, 6) is 0.120. The van der Waals surface area contributed by atoms with Crippen molar-refractivity contribution in [3.63, 3.8) is 0 Å². The maximum atomic E-state index is 12.6. The molecule has 0 unspecified atom stereocenters. The summed E-state index contributed by atoms with van der Waals surface area (Å²) in [4.78, 5) is 24.6. The highest BCUT2D eigenvalue weighted by Gasteiger charge is 2.26. The van der Waals surface area contributed by atoms with Gasteiger partial charge in [0.15, 0.2) is 6.10 Å². The SMILES string of the molecule is C[C@H](Oc1ccc([N+](=O)[O-])cc1Cl)C(=O)N1CCc2ccccc2C1. The van der Waals surface area contributed by atoms with Crippen LogP contribution < -0.4 is 4.74 Å². The van der Waals surface area contributed by atoms with Gasteiger partial charge in [0.1, 0.15) is 5.75 Å². The highest BCUT2D eigenvalue weighted by Crippen LogP contribution is 2.30. The van der Waals surface area contributed by atoms with E-state index in [0.717, 1.165) is 12.0 Å². The third-order valence-corrected chi connectivity index (χ3v) is 4.52. The molecule has 0 radical (unpaired) electrons. The Balaban J connectivity index is 1.68. The lowest BCUT2D eigenvalue weighted by Gasteiger charge is -2.31. The lowest BCUT2D eigenvalue weighted by molar-refractivity contribution is -0.384. The van der Waals surface area contributed by atoms with Gasteiger partial charge in [0.05, 0.1) is 9.95 Å². The van der Waals surface area contributed by atoms with Crippen LogP contribution >= 0.6 is 11.6 Å². The number of non-ortho nitro benzene ring substituents is 1. The van der Waals surface area contributed by atoms with E-state index in [4.69, 9.17) is 16.3 Å². The van der Waals surface area contributed by atoms with Gasteiger partial charge < -0.3 is 9.64 Å². The maximum Gasteiger partial charge on any atom is 0.271 e. The number of carbonyl (C=O) groups excluding carboxylic acids is 1. The number of rotatable bonds is 4. The molecular formula is C18H17ClN2O4. The molecule has 25 heavy (non-hydrogen) atoms. The molecule has 1 aliphatic rings. The average Bonchev–Trinajstić information content (AvgIpc) is 2.62. The predicted molar refractivity (Wildman–Crippen MR) is 93.8 cm³/mol. The van der Waals surface area contributed by atoms with Crippen LogP contribution in [0.25, 0.3) is 0 Å². The fourth-order valence-corrected chi connectivity index (χ4v) is 3.10. The van der Waals surface area contributed by atoms with E-state index >= 15 is 0 Å². The van der Waals surface area contributed by atoms with Gasteiger partial charge in [-0.1, -0.05) is 35.9 Å². The topological polar surface area (TPSA) is 72.7 Å². The average molecular weight is 361 g/mol. The van der Waals surface area contributed by atoms with Gasteiger partial charge in [-0.2, -0.15) is 0 Å². The van der Waals surface area contributed by atoms with Gasteiger partial charge in [0.2, 0.25) is 0 Å². The standard InChI is InChI=1S/C18H17ClN2O4/c1-12(25-17-7-6-15(21(23)24)10-16(17)19)18(22)20-9-8-13-4-2-3-5-14(13)11-20/h2-7,10,12H,8-9,11H2,1H3/t12-/m0/s1. The van der Waals surface area contributed by atoms with Gasteiger partial charge in [-0.3, -0.25) is 14.9 Å². The molecule has 0 N–H and O–H groups in total. The first-order valence-electron chi connectivity index (χ1n) is 7.92. The Kier molecular flexibility index (Phi) is 4.90. The largest absolute Gasteiger partial charge is 0.479 e. The number of benzene rings is 2. The van der Waals surface area contributed by atoms with Crippen LogP contribution in [0.5, 0.6) is 5.75 Å². The molecule has 6 nitrogen and oxygen atoms in total. The van der Waals surface area contributed by atoms with Crippen molar-refractivity contribution in [3.8, 4) is 5.75 Å². The normalized spacial score (nSPS) is 14.6. The minimum atomic E-state index is -0.732. The second-order valence-electron chi connectivity index (χ2n) is 5.91. The molecule has 1 heterocycles. The first kappa shape index (κ1) is 17.2. The fourth-order valence-electron chi connectivity index (χ4n) is 2.88. The van der Waals surface area contributed by atoms with Crippen molar-refractivity contribution < 1.29 is 14.5 Å². The molecule has 0 spiro atoms. The summed E-state index contributed by atoms with van der Waals surface area (Å²) in [6, 6.07) is 12.0. The Labute approximate surface area is 150 Å². The number of fused-ring (bicyclic) bond motifs is 1. The minimum absolute atomic E-state index is 0.109.